The Hall–Kier alpha value is -0.240. The lowest BCUT2D eigenvalue weighted by atomic mass is 9.92. The number of nitrogens with one attached hydrogen (secondary N) is 1. The third-order valence-electron chi connectivity index (χ3n) is 3.45. The number of hydrogen-bond acceptors (Lipinski definition) is 1. The van der Waals surface area contributed by atoms with Crippen molar-refractivity contribution in [3.8, 4) is 0 Å². The molecule has 0 saturated carbocycles. The second-order valence-electron chi connectivity index (χ2n) is 4.71. The molecule has 0 aliphatic carbocycles. The van der Waals surface area contributed by atoms with E-state index in [9.17, 15) is 0 Å². The van der Waals surface area contributed by atoms with Gasteiger partial charge in [-0.2, -0.15) is 0 Å². The van der Waals surface area contributed by atoms with Gasteiger partial charge in [-0.15, -0.1) is 12.4 Å². The molecule has 0 radical (unpaired) electrons. The predicted molar refractivity (Wildman–Crippen MR) is 77.2 cm³/mol. The quantitative estimate of drug-likeness (QED) is 0.872. The monoisotopic (exact) mass is 273 g/mol. The van der Waals surface area contributed by atoms with Crippen molar-refractivity contribution < 1.29 is 0 Å². The molecule has 1 saturated heterocycles. The molecule has 1 aromatic carbocycles. The first kappa shape index (κ1) is 14.8. The molecule has 17 heavy (non-hydrogen) atoms. The lowest BCUT2D eigenvalue weighted by molar-refractivity contribution is 0.347. The average molecular weight is 274 g/mol. The summed E-state index contributed by atoms with van der Waals surface area (Å²) in [5.74, 6) is 0.952. The lowest BCUT2D eigenvalue weighted by Gasteiger charge is -2.22. The van der Waals surface area contributed by atoms with E-state index in [0.717, 1.165) is 10.9 Å². The Bertz CT molecular complexity index is 305. The number of piperidine rings is 1. The van der Waals surface area contributed by atoms with Crippen LogP contribution in [0, 0.1) is 5.92 Å². The van der Waals surface area contributed by atoms with Crippen LogP contribution in [0.25, 0.3) is 0 Å². The normalized spacial score (nSPS) is 16.5. The third kappa shape index (κ3) is 5.29. The first-order valence-electron chi connectivity index (χ1n) is 6.30. The summed E-state index contributed by atoms with van der Waals surface area (Å²) < 4.78 is 0. The minimum Gasteiger partial charge on any atom is -0.317 e. The van der Waals surface area contributed by atoms with Crippen molar-refractivity contribution in [3.05, 3.63) is 34.9 Å². The zero-order valence-electron chi connectivity index (χ0n) is 10.1. The molecule has 1 aromatic rings. The van der Waals surface area contributed by atoms with Crippen LogP contribution >= 0.6 is 24.0 Å². The van der Waals surface area contributed by atoms with Crippen LogP contribution in [0.2, 0.25) is 5.02 Å². The van der Waals surface area contributed by atoms with Gasteiger partial charge in [0.1, 0.15) is 0 Å². The van der Waals surface area contributed by atoms with Gasteiger partial charge >= 0.3 is 0 Å². The van der Waals surface area contributed by atoms with Crippen LogP contribution in [0.5, 0.6) is 0 Å². The number of hydrogen-bond donors (Lipinski definition) is 1. The molecule has 0 aromatic heterocycles. The largest absolute Gasteiger partial charge is 0.317 e. The molecule has 0 atom stereocenters. The van der Waals surface area contributed by atoms with Gasteiger partial charge in [-0.3, -0.25) is 0 Å². The first-order valence-corrected chi connectivity index (χ1v) is 6.67. The number of halogens is 2. The lowest BCUT2D eigenvalue weighted by Crippen LogP contribution is -2.27. The Morgan fingerprint density at radius 2 is 1.76 bits per heavy atom. The molecule has 0 spiro atoms. The minimum atomic E-state index is 0. The number of benzene rings is 1. The van der Waals surface area contributed by atoms with Gasteiger partial charge in [0.25, 0.3) is 0 Å². The summed E-state index contributed by atoms with van der Waals surface area (Å²) in [5, 5.41) is 4.25. The first-order chi connectivity index (χ1) is 7.84. The molecule has 2 rings (SSSR count). The van der Waals surface area contributed by atoms with Crippen LogP contribution in [-0.4, -0.2) is 13.1 Å². The van der Waals surface area contributed by atoms with Crippen molar-refractivity contribution in [3.63, 3.8) is 0 Å². The Morgan fingerprint density at radius 1 is 1.12 bits per heavy atom. The predicted octanol–water partition coefficient (Wildman–Crippen LogP) is 4.08. The highest BCUT2D eigenvalue weighted by Crippen LogP contribution is 2.19. The molecule has 1 heterocycles. The molecule has 0 bridgehead atoms. The number of aryl methyl sites for hydroxylation is 1. The summed E-state index contributed by atoms with van der Waals surface area (Å²) in [7, 11) is 0. The fourth-order valence-electron chi connectivity index (χ4n) is 2.42. The van der Waals surface area contributed by atoms with Gasteiger partial charge in [0.15, 0.2) is 0 Å². The van der Waals surface area contributed by atoms with Gasteiger partial charge in [-0.1, -0.05) is 30.2 Å². The van der Waals surface area contributed by atoms with Gasteiger partial charge < -0.3 is 5.32 Å². The van der Waals surface area contributed by atoms with Crippen molar-refractivity contribution >= 4 is 24.0 Å². The third-order valence-corrected chi connectivity index (χ3v) is 3.70. The molecule has 0 unspecified atom stereocenters. The molecule has 1 aliphatic rings. The molecule has 3 heteroatoms. The van der Waals surface area contributed by atoms with E-state index in [4.69, 9.17) is 11.6 Å². The summed E-state index contributed by atoms with van der Waals surface area (Å²) in [6.07, 6.45) is 6.61. The fraction of sp³-hybridized carbons (Fsp3) is 0.571. The van der Waals surface area contributed by atoms with E-state index in [1.165, 1.54) is 50.8 Å². The van der Waals surface area contributed by atoms with E-state index >= 15 is 0 Å². The van der Waals surface area contributed by atoms with E-state index < -0.39 is 0 Å². The summed E-state index contributed by atoms with van der Waals surface area (Å²) in [6.45, 7) is 2.43. The number of rotatable bonds is 4. The van der Waals surface area contributed by atoms with Gasteiger partial charge in [0, 0.05) is 5.02 Å². The summed E-state index contributed by atoms with van der Waals surface area (Å²) in [5.41, 5.74) is 1.42. The van der Waals surface area contributed by atoms with E-state index in [2.05, 4.69) is 17.4 Å². The molecular formula is C14H21Cl2N. The SMILES string of the molecule is Cl.Clc1ccc(CCCC2CCNCC2)cc1. The Balaban J connectivity index is 0.00000144. The van der Waals surface area contributed by atoms with Crippen LogP contribution in [0.15, 0.2) is 24.3 Å². The average Bonchev–Trinajstić information content (AvgIpc) is 2.33. The molecule has 1 fully saturated rings. The maximum atomic E-state index is 5.86. The topological polar surface area (TPSA) is 12.0 Å². The highest BCUT2D eigenvalue weighted by atomic mass is 35.5. The van der Waals surface area contributed by atoms with Crippen LogP contribution < -0.4 is 5.32 Å². The van der Waals surface area contributed by atoms with Gasteiger partial charge in [0.2, 0.25) is 0 Å². The molecule has 96 valence electrons. The standard InChI is InChI=1S/C14H20ClN.ClH/c15-14-6-4-12(5-7-14)2-1-3-13-8-10-16-11-9-13;/h4-7,13,16H,1-3,8-11H2;1H. The van der Waals surface area contributed by atoms with Crippen LogP contribution in [-0.2, 0) is 6.42 Å². The second-order valence-corrected chi connectivity index (χ2v) is 5.15. The maximum absolute atomic E-state index is 5.86. The molecule has 1 aliphatic heterocycles. The second kappa shape index (κ2) is 7.97. The van der Waals surface area contributed by atoms with Crippen molar-refractivity contribution in [2.75, 3.05) is 13.1 Å². The minimum absolute atomic E-state index is 0. The van der Waals surface area contributed by atoms with Gasteiger partial charge in [-0.25, -0.2) is 0 Å². The van der Waals surface area contributed by atoms with Crippen molar-refractivity contribution in [2.45, 2.75) is 32.1 Å². The van der Waals surface area contributed by atoms with Crippen LogP contribution in [0.3, 0.4) is 0 Å². The van der Waals surface area contributed by atoms with Crippen molar-refractivity contribution in [1.29, 1.82) is 0 Å². The Labute approximate surface area is 115 Å². The molecule has 1 nitrogen and oxygen atoms in total. The van der Waals surface area contributed by atoms with Crippen LogP contribution in [0.4, 0.5) is 0 Å². The fourth-order valence-corrected chi connectivity index (χ4v) is 2.54. The van der Waals surface area contributed by atoms with Gasteiger partial charge in [0.05, 0.1) is 0 Å². The Morgan fingerprint density at radius 3 is 2.41 bits per heavy atom. The molecular weight excluding hydrogens is 253 g/mol. The summed E-state index contributed by atoms with van der Waals surface area (Å²) in [4.78, 5) is 0. The summed E-state index contributed by atoms with van der Waals surface area (Å²) >= 11 is 5.86. The molecule has 0 amide bonds. The van der Waals surface area contributed by atoms with E-state index in [1.807, 2.05) is 12.1 Å². The Kier molecular flexibility index (Phi) is 6.94. The summed E-state index contributed by atoms with van der Waals surface area (Å²) in [6, 6.07) is 8.26. The zero-order valence-corrected chi connectivity index (χ0v) is 11.7. The zero-order chi connectivity index (χ0) is 11.2. The molecule has 1 N–H and O–H groups in total. The maximum Gasteiger partial charge on any atom is 0.0406 e. The van der Waals surface area contributed by atoms with E-state index in [1.54, 1.807) is 0 Å². The highest BCUT2D eigenvalue weighted by Gasteiger charge is 2.11. The van der Waals surface area contributed by atoms with Gasteiger partial charge in [-0.05, 0) is 62.4 Å². The van der Waals surface area contributed by atoms with E-state index in [-0.39, 0.29) is 12.4 Å². The van der Waals surface area contributed by atoms with Crippen molar-refractivity contribution in [1.82, 2.24) is 5.32 Å². The smallest absolute Gasteiger partial charge is 0.0406 e. The van der Waals surface area contributed by atoms with Crippen molar-refractivity contribution in [2.24, 2.45) is 5.92 Å². The van der Waals surface area contributed by atoms with Crippen LogP contribution in [0.1, 0.15) is 31.2 Å². The van der Waals surface area contributed by atoms with E-state index in [0.29, 0.717) is 0 Å². The highest BCUT2D eigenvalue weighted by molar-refractivity contribution is 6.30.